The molecule has 1 aliphatic heterocycles. The molecule has 0 saturated carbocycles. The Bertz CT molecular complexity index is 831. The number of methoxy groups -OCH3 is 2. The molecule has 3 atom stereocenters. The molecular formula is C24H30ClNO3. The van der Waals surface area contributed by atoms with Crippen molar-refractivity contribution in [3.05, 3.63) is 65.3 Å². The van der Waals surface area contributed by atoms with Crippen LogP contribution in [0.15, 0.2) is 54.1 Å². The Morgan fingerprint density at radius 3 is 2.72 bits per heavy atom. The lowest BCUT2D eigenvalue weighted by Gasteiger charge is -2.47. The number of ether oxygens (including phenoxy) is 2. The fourth-order valence-corrected chi connectivity index (χ4v) is 4.77. The van der Waals surface area contributed by atoms with E-state index < -0.39 is 5.60 Å². The van der Waals surface area contributed by atoms with Crippen molar-refractivity contribution in [3.8, 4) is 0 Å². The van der Waals surface area contributed by atoms with Crippen molar-refractivity contribution in [1.29, 1.82) is 0 Å². The van der Waals surface area contributed by atoms with Crippen LogP contribution >= 0.6 is 12.4 Å². The number of carbonyl (C=O) groups is 1. The third kappa shape index (κ3) is 4.41. The second-order valence-corrected chi connectivity index (χ2v) is 8.07. The van der Waals surface area contributed by atoms with Gasteiger partial charge in [0.15, 0.2) is 5.78 Å². The zero-order chi connectivity index (χ0) is 19.6. The zero-order valence-electron chi connectivity index (χ0n) is 17.2. The maximum Gasteiger partial charge on any atom is 0.189 e. The van der Waals surface area contributed by atoms with E-state index in [9.17, 15) is 4.79 Å². The largest absolute Gasteiger partial charge is 0.377 e. The number of hydrogen-bond acceptors (Lipinski definition) is 4. The molecule has 4 rings (SSSR count). The molecule has 0 bridgehead atoms. The molecule has 5 heteroatoms. The highest BCUT2D eigenvalue weighted by Gasteiger charge is 2.45. The van der Waals surface area contributed by atoms with Gasteiger partial charge in [0.2, 0.25) is 0 Å². The van der Waals surface area contributed by atoms with E-state index >= 15 is 0 Å². The fraction of sp³-hybridized carbons (Fsp3) is 0.458. The number of nitrogens with zero attached hydrogens (tertiary/aromatic N) is 1. The first-order valence-electron chi connectivity index (χ1n) is 10.1. The van der Waals surface area contributed by atoms with Crippen LogP contribution in [0.2, 0.25) is 0 Å². The Kier molecular flexibility index (Phi) is 7.12. The fourth-order valence-electron chi connectivity index (χ4n) is 4.77. The lowest BCUT2D eigenvalue weighted by atomic mass is 9.81. The van der Waals surface area contributed by atoms with Crippen LogP contribution in [0.1, 0.15) is 35.2 Å². The van der Waals surface area contributed by atoms with Gasteiger partial charge in [-0.05, 0) is 30.4 Å². The molecule has 29 heavy (non-hydrogen) atoms. The summed E-state index contributed by atoms with van der Waals surface area (Å²) in [6.07, 6.45) is 13.3. The summed E-state index contributed by atoms with van der Waals surface area (Å²) in [6, 6.07) is 7.80. The Balaban J connectivity index is 0.00000240. The van der Waals surface area contributed by atoms with Gasteiger partial charge in [0, 0.05) is 51.4 Å². The third-order valence-corrected chi connectivity index (χ3v) is 6.43. The summed E-state index contributed by atoms with van der Waals surface area (Å²) < 4.78 is 12.0. The molecule has 0 spiro atoms. The topological polar surface area (TPSA) is 38.8 Å². The van der Waals surface area contributed by atoms with E-state index in [2.05, 4.69) is 29.2 Å². The van der Waals surface area contributed by atoms with Crippen molar-refractivity contribution < 1.29 is 14.3 Å². The summed E-state index contributed by atoms with van der Waals surface area (Å²) in [5.74, 6) is 0.689. The molecule has 156 valence electrons. The Morgan fingerprint density at radius 2 is 2.03 bits per heavy atom. The minimum absolute atomic E-state index is 0. The smallest absolute Gasteiger partial charge is 0.189 e. The maximum atomic E-state index is 12.9. The summed E-state index contributed by atoms with van der Waals surface area (Å²) in [6.45, 7) is 2.82. The molecule has 3 unspecified atom stereocenters. The van der Waals surface area contributed by atoms with E-state index in [1.54, 1.807) is 14.2 Å². The van der Waals surface area contributed by atoms with Gasteiger partial charge in [0.05, 0.1) is 6.10 Å². The van der Waals surface area contributed by atoms with Crippen LogP contribution in [0.4, 0.5) is 0 Å². The van der Waals surface area contributed by atoms with Crippen molar-refractivity contribution in [2.45, 2.75) is 31.0 Å². The van der Waals surface area contributed by atoms with Crippen LogP contribution in [-0.4, -0.2) is 56.2 Å². The second kappa shape index (κ2) is 9.40. The van der Waals surface area contributed by atoms with Gasteiger partial charge in [-0.1, -0.05) is 48.6 Å². The standard InChI is InChI=1S/C24H29NO3.ClH/c1-27-22-17-25(16-18-8-4-3-5-9-18)13-12-24(22,28-2)15-20-14-19-10-6-7-11-21(19)23(20)26;/h3-8,10-11,14,18,22H,9,12-13,15-17H2,1-2H3;1H. The van der Waals surface area contributed by atoms with Gasteiger partial charge in [-0.2, -0.15) is 0 Å². The lowest BCUT2D eigenvalue weighted by molar-refractivity contribution is -0.152. The first-order valence-corrected chi connectivity index (χ1v) is 10.1. The second-order valence-electron chi connectivity index (χ2n) is 8.07. The number of rotatable bonds is 6. The predicted molar refractivity (Wildman–Crippen MR) is 119 cm³/mol. The van der Waals surface area contributed by atoms with Crippen LogP contribution in [0.3, 0.4) is 0 Å². The highest BCUT2D eigenvalue weighted by molar-refractivity contribution is 6.17. The number of fused-ring (bicyclic) bond motifs is 1. The molecule has 1 saturated heterocycles. The van der Waals surface area contributed by atoms with E-state index in [0.29, 0.717) is 12.3 Å². The summed E-state index contributed by atoms with van der Waals surface area (Å²) in [4.78, 5) is 15.3. The molecule has 1 fully saturated rings. The van der Waals surface area contributed by atoms with Gasteiger partial charge in [0.25, 0.3) is 0 Å². The quantitative estimate of drug-likeness (QED) is 0.693. The highest BCUT2D eigenvalue weighted by Crippen LogP contribution is 2.38. The first-order chi connectivity index (χ1) is 13.6. The molecule has 2 aliphatic carbocycles. The predicted octanol–water partition coefficient (Wildman–Crippen LogP) is 4.32. The third-order valence-electron chi connectivity index (χ3n) is 6.43. The van der Waals surface area contributed by atoms with Crippen molar-refractivity contribution >= 4 is 24.3 Å². The van der Waals surface area contributed by atoms with Crippen LogP contribution < -0.4 is 0 Å². The molecular weight excluding hydrogens is 386 g/mol. The number of ketones is 1. The van der Waals surface area contributed by atoms with Gasteiger partial charge in [-0.15, -0.1) is 12.4 Å². The summed E-state index contributed by atoms with van der Waals surface area (Å²) in [7, 11) is 3.51. The van der Waals surface area contributed by atoms with Gasteiger partial charge in [-0.25, -0.2) is 0 Å². The minimum atomic E-state index is -0.461. The van der Waals surface area contributed by atoms with E-state index in [1.165, 1.54) is 0 Å². The minimum Gasteiger partial charge on any atom is -0.377 e. The van der Waals surface area contributed by atoms with Gasteiger partial charge < -0.3 is 9.47 Å². The van der Waals surface area contributed by atoms with E-state index in [0.717, 1.165) is 49.2 Å². The Morgan fingerprint density at radius 1 is 1.21 bits per heavy atom. The number of carbonyl (C=O) groups excluding carboxylic acids is 1. The molecule has 0 radical (unpaired) electrons. The molecule has 3 aliphatic rings. The van der Waals surface area contributed by atoms with Crippen LogP contribution in [0.5, 0.6) is 0 Å². The van der Waals surface area contributed by atoms with Crippen molar-refractivity contribution in [1.82, 2.24) is 4.90 Å². The average molecular weight is 416 g/mol. The summed E-state index contributed by atoms with van der Waals surface area (Å²) >= 11 is 0. The van der Waals surface area contributed by atoms with Gasteiger partial charge in [-0.3, -0.25) is 9.69 Å². The van der Waals surface area contributed by atoms with Crippen molar-refractivity contribution in [2.75, 3.05) is 33.9 Å². The van der Waals surface area contributed by atoms with Crippen LogP contribution in [0.25, 0.3) is 6.08 Å². The van der Waals surface area contributed by atoms with E-state index in [4.69, 9.17) is 9.47 Å². The van der Waals surface area contributed by atoms with Crippen molar-refractivity contribution in [3.63, 3.8) is 0 Å². The number of Topliss-reactive ketones (excluding diaryl/α,β-unsaturated/α-hetero) is 1. The number of allylic oxidation sites excluding steroid dienone is 3. The Hall–Kier alpha value is -1.72. The monoisotopic (exact) mass is 415 g/mol. The van der Waals surface area contributed by atoms with Crippen LogP contribution in [0, 0.1) is 5.92 Å². The lowest BCUT2D eigenvalue weighted by Crippen LogP contribution is -2.58. The number of benzene rings is 1. The number of hydrogen-bond donors (Lipinski definition) is 0. The maximum absolute atomic E-state index is 12.9. The van der Waals surface area contributed by atoms with Gasteiger partial charge in [0.1, 0.15) is 5.60 Å². The number of halogens is 1. The van der Waals surface area contributed by atoms with E-state index in [1.807, 2.05) is 30.3 Å². The molecule has 1 aromatic rings. The molecule has 1 heterocycles. The highest BCUT2D eigenvalue weighted by atomic mass is 35.5. The van der Waals surface area contributed by atoms with Crippen LogP contribution in [-0.2, 0) is 9.47 Å². The summed E-state index contributed by atoms with van der Waals surface area (Å²) in [5, 5.41) is 0. The van der Waals surface area contributed by atoms with Crippen molar-refractivity contribution in [2.24, 2.45) is 5.92 Å². The molecule has 0 amide bonds. The zero-order valence-corrected chi connectivity index (χ0v) is 18.0. The average Bonchev–Trinajstić information content (AvgIpc) is 3.05. The molecule has 4 nitrogen and oxygen atoms in total. The molecule has 0 aromatic heterocycles. The van der Waals surface area contributed by atoms with Gasteiger partial charge >= 0.3 is 0 Å². The summed E-state index contributed by atoms with van der Waals surface area (Å²) in [5.41, 5.74) is 2.18. The molecule has 0 N–H and O–H groups in total. The number of likely N-dealkylation sites (tertiary alicyclic amines) is 1. The first kappa shape index (κ1) is 22.0. The molecule has 1 aromatic carbocycles. The SMILES string of the molecule is COC1CN(CC2C=CC=CC2)CCC1(CC1=Cc2ccccc2C1=O)OC.Cl. The Labute approximate surface area is 179 Å². The number of piperidine rings is 1. The normalized spacial score (nSPS) is 28.8. The van der Waals surface area contributed by atoms with E-state index in [-0.39, 0.29) is 24.3 Å².